The molecular weight excluding hydrogens is 242 g/mol. The van der Waals surface area contributed by atoms with E-state index in [1.165, 1.54) is 12.8 Å². The minimum absolute atomic E-state index is 0.323. The van der Waals surface area contributed by atoms with E-state index in [4.69, 9.17) is 4.74 Å². The standard InChI is InChI=1S/C15H21NO3/c1-10-9-11(7-8-13(10)19-2)14(15(17)18)16-12-5-3-4-6-12/h7-9,12,14,16H,3-6H2,1-2H3,(H,17,18). The average Bonchev–Trinajstić information content (AvgIpc) is 2.88. The molecule has 1 aromatic rings. The summed E-state index contributed by atoms with van der Waals surface area (Å²) in [5.74, 6) is -0.0368. The first-order valence-corrected chi connectivity index (χ1v) is 6.75. The summed E-state index contributed by atoms with van der Waals surface area (Å²) in [5, 5.41) is 12.7. The van der Waals surface area contributed by atoms with Crippen LogP contribution in [0, 0.1) is 6.92 Å². The third-order valence-electron chi connectivity index (χ3n) is 3.76. The Hall–Kier alpha value is -1.55. The van der Waals surface area contributed by atoms with Crippen LogP contribution in [0.2, 0.25) is 0 Å². The number of aliphatic carboxylic acids is 1. The molecule has 1 atom stereocenters. The molecule has 1 unspecified atom stereocenters. The molecule has 0 amide bonds. The van der Waals surface area contributed by atoms with Crippen molar-refractivity contribution in [3.05, 3.63) is 29.3 Å². The number of hydrogen-bond acceptors (Lipinski definition) is 3. The Morgan fingerprint density at radius 1 is 1.42 bits per heavy atom. The molecule has 0 aliphatic heterocycles. The molecule has 1 fully saturated rings. The van der Waals surface area contributed by atoms with Gasteiger partial charge in [-0.2, -0.15) is 0 Å². The van der Waals surface area contributed by atoms with Crippen molar-refractivity contribution >= 4 is 5.97 Å². The monoisotopic (exact) mass is 263 g/mol. The van der Waals surface area contributed by atoms with E-state index in [9.17, 15) is 9.90 Å². The molecule has 0 spiro atoms. The fourth-order valence-electron chi connectivity index (χ4n) is 2.72. The van der Waals surface area contributed by atoms with Gasteiger partial charge in [0, 0.05) is 6.04 Å². The Bertz CT molecular complexity index is 453. The molecular formula is C15H21NO3. The van der Waals surface area contributed by atoms with E-state index in [-0.39, 0.29) is 0 Å². The van der Waals surface area contributed by atoms with Gasteiger partial charge in [0.25, 0.3) is 0 Å². The lowest BCUT2D eigenvalue weighted by molar-refractivity contribution is -0.139. The van der Waals surface area contributed by atoms with E-state index in [2.05, 4.69) is 5.32 Å². The van der Waals surface area contributed by atoms with E-state index < -0.39 is 12.0 Å². The van der Waals surface area contributed by atoms with Crippen LogP contribution in [0.1, 0.15) is 42.9 Å². The highest BCUT2D eigenvalue weighted by Gasteiger charge is 2.25. The van der Waals surface area contributed by atoms with Crippen molar-refractivity contribution in [2.24, 2.45) is 0 Å². The second-order valence-corrected chi connectivity index (χ2v) is 5.15. The third kappa shape index (κ3) is 3.26. The second kappa shape index (κ2) is 6.06. The maximum atomic E-state index is 11.5. The molecule has 19 heavy (non-hydrogen) atoms. The highest BCUT2D eigenvalue weighted by molar-refractivity contribution is 5.75. The topological polar surface area (TPSA) is 58.6 Å². The first kappa shape index (κ1) is 13.9. The molecule has 1 aliphatic rings. The molecule has 0 saturated heterocycles. The number of carboxylic acid groups (broad SMARTS) is 1. The van der Waals surface area contributed by atoms with Crippen LogP contribution in [0.5, 0.6) is 5.75 Å². The van der Waals surface area contributed by atoms with Gasteiger partial charge in [-0.25, -0.2) is 0 Å². The number of carbonyl (C=O) groups is 1. The van der Waals surface area contributed by atoms with Gasteiger partial charge >= 0.3 is 5.97 Å². The first-order valence-electron chi connectivity index (χ1n) is 6.75. The fourth-order valence-corrected chi connectivity index (χ4v) is 2.72. The number of methoxy groups -OCH3 is 1. The zero-order chi connectivity index (χ0) is 13.8. The summed E-state index contributed by atoms with van der Waals surface area (Å²) in [6.07, 6.45) is 4.51. The van der Waals surface area contributed by atoms with Crippen LogP contribution >= 0.6 is 0 Å². The summed E-state index contributed by atoms with van der Waals surface area (Å²) < 4.78 is 5.21. The summed E-state index contributed by atoms with van der Waals surface area (Å²) in [7, 11) is 1.62. The van der Waals surface area contributed by atoms with Crippen molar-refractivity contribution in [1.29, 1.82) is 0 Å². The Kier molecular flexibility index (Phi) is 4.43. The fraction of sp³-hybridized carbons (Fsp3) is 0.533. The Morgan fingerprint density at radius 2 is 2.11 bits per heavy atom. The Balaban J connectivity index is 2.18. The molecule has 104 valence electrons. The van der Waals surface area contributed by atoms with Crippen LogP contribution in [0.25, 0.3) is 0 Å². The third-order valence-corrected chi connectivity index (χ3v) is 3.76. The Morgan fingerprint density at radius 3 is 2.63 bits per heavy atom. The van der Waals surface area contributed by atoms with Crippen molar-refractivity contribution in [3.8, 4) is 5.75 Å². The summed E-state index contributed by atoms with van der Waals surface area (Å²) >= 11 is 0. The molecule has 0 bridgehead atoms. The maximum Gasteiger partial charge on any atom is 0.325 e. The minimum atomic E-state index is -0.823. The molecule has 4 heteroatoms. The zero-order valence-electron chi connectivity index (χ0n) is 11.5. The Labute approximate surface area is 113 Å². The highest BCUT2D eigenvalue weighted by atomic mass is 16.5. The number of ether oxygens (including phenoxy) is 1. The number of hydrogen-bond donors (Lipinski definition) is 2. The lowest BCUT2D eigenvalue weighted by atomic mass is 10.0. The molecule has 0 aromatic heterocycles. The van der Waals surface area contributed by atoms with Crippen molar-refractivity contribution in [3.63, 3.8) is 0 Å². The predicted octanol–water partition coefficient (Wildman–Crippen LogP) is 2.66. The van der Waals surface area contributed by atoms with Gasteiger partial charge in [-0.05, 0) is 37.0 Å². The summed E-state index contributed by atoms with van der Waals surface area (Å²) in [4.78, 5) is 11.5. The molecule has 1 aliphatic carbocycles. The number of rotatable bonds is 5. The van der Waals surface area contributed by atoms with Gasteiger partial charge in [-0.1, -0.05) is 25.0 Å². The van der Waals surface area contributed by atoms with Crippen molar-refractivity contribution < 1.29 is 14.6 Å². The molecule has 1 saturated carbocycles. The van der Waals surface area contributed by atoms with Crippen LogP contribution in [-0.2, 0) is 4.79 Å². The molecule has 0 radical (unpaired) electrons. The van der Waals surface area contributed by atoms with Gasteiger partial charge in [-0.3, -0.25) is 10.1 Å². The molecule has 0 heterocycles. The van der Waals surface area contributed by atoms with Gasteiger partial charge in [0.15, 0.2) is 0 Å². The van der Waals surface area contributed by atoms with E-state index in [0.29, 0.717) is 6.04 Å². The quantitative estimate of drug-likeness (QED) is 0.857. The number of aryl methyl sites for hydroxylation is 1. The van der Waals surface area contributed by atoms with E-state index >= 15 is 0 Å². The van der Waals surface area contributed by atoms with Crippen LogP contribution in [0.4, 0.5) is 0 Å². The second-order valence-electron chi connectivity index (χ2n) is 5.15. The lowest BCUT2D eigenvalue weighted by Gasteiger charge is -2.20. The van der Waals surface area contributed by atoms with Crippen molar-refractivity contribution in [1.82, 2.24) is 5.32 Å². The summed E-state index contributed by atoms with van der Waals surface area (Å²) in [6.45, 7) is 1.93. The smallest absolute Gasteiger partial charge is 0.325 e. The number of nitrogens with one attached hydrogen (secondary N) is 1. The average molecular weight is 263 g/mol. The van der Waals surface area contributed by atoms with Crippen LogP contribution < -0.4 is 10.1 Å². The van der Waals surface area contributed by atoms with Crippen LogP contribution in [0.15, 0.2) is 18.2 Å². The normalized spacial score (nSPS) is 17.4. The van der Waals surface area contributed by atoms with Crippen LogP contribution in [0.3, 0.4) is 0 Å². The summed E-state index contributed by atoms with van der Waals surface area (Å²) in [6, 6.07) is 5.24. The largest absolute Gasteiger partial charge is 0.496 e. The summed E-state index contributed by atoms with van der Waals surface area (Å²) in [5.41, 5.74) is 1.75. The van der Waals surface area contributed by atoms with E-state index in [1.807, 2.05) is 25.1 Å². The molecule has 1 aromatic carbocycles. The minimum Gasteiger partial charge on any atom is -0.496 e. The number of carboxylic acids is 1. The van der Waals surface area contributed by atoms with Crippen molar-refractivity contribution in [2.45, 2.75) is 44.7 Å². The van der Waals surface area contributed by atoms with Gasteiger partial charge in [0.1, 0.15) is 11.8 Å². The highest BCUT2D eigenvalue weighted by Crippen LogP contribution is 2.25. The maximum absolute atomic E-state index is 11.5. The van der Waals surface area contributed by atoms with Crippen LogP contribution in [-0.4, -0.2) is 24.2 Å². The number of benzene rings is 1. The SMILES string of the molecule is COc1ccc(C(NC2CCCC2)C(=O)O)cc1C. The predicted molar refractivity (Wildman–Crippen MR) is 73.5 cm³/mol. The lowest BCUT2D eigenvalue weighted by Crippen LogP contribution is -2.35. The molecule has 2 N–H and O–H groups in total. The van der Waals surface area contributed by atoms with E-state index in [1.54, 1.807) is 7.11 Å². The molecule has 2 rings (SSSR count). The van der Waals surface area contributed by atoms with Gasteiger partial charge in [-0.15, -0.1) is 0 Å². The van der Waals surface area contributed by atoms with Gasteiger partial charge in [0.05, 0.1) is 7.11 Å². The first-order chi connectivity index (χ1) is 9.11. The van der Waals surface area contributed by atoms with Gasteiger partial charge in [0.2, 0.25) is 0 Å². The van der Waals surface area contributed by atoms with Gasteiger partial charge < -0.3 is 9.84 Å². The zero-order valence-corrected chi connectivity index (χ0v) is 11.5. The van der Waals surface area contributed by atoms with Crippen molar-refractivity contribution in [2.75, 3.05) is 7.11 Å². The molecule has 4 nitrogen and oxygen atoms in total. The van der Waals surface area contributed by atoms with E-state index in [0.717, 1.165) is 29.7 Å².